The first-order chi connectivity index (χ1) is 18.0. The highest BCUT2D eigenvalue weighted by Gasteiger charge is 2.31. The maximum Gasteiger partial charge on any atom is 0.303 e. The van der Waals surface area contributed by atoms with Gasteiger partial charge in [-0.2, -0.15) is 0 Å². The van der Waals surface area contributed by atoms with Gasteiger partial charge in [-0.05, 0) is 105 Å². The van der Waals surface area contributed by atoms with Gasteiger partial charge in [0.1, 0.15) is 17.7 Å². The third-order valence-corrected chi connectivity index (χ3v) is 7.60. The van der Waals surface area contributed by atoms with Gasteiger partial charge in [-0.1, -0.05) is 12.1 Å². The largest absolute Gasteiger partial charge is 0.497 e. The second-order valence-corrected chi connectivity index (χ2v) is 9.99. The van der Waals surface area contributed by atoms with Crippen LogP contribution in [0.25, 0.3) is 10.9 Å². The molecule has 0 aliphatic carbocycles. The molecule has 198 valence electrons. The summed E-state index contributed by atoms with van der Waals surface area (Å²) in [6, 6.07) is 15.4. The van der Waals surface area contributed by atoms with Crippen molar-refractivity contribution < 1.29 is 23.8 Å². The van der Waals surface area contributed by atoms with Crippen molar-refractivity contribution in [3.8, 4) is 11.5 Å². The lowest BCUT2D eigenvalue weighted by Gasteiger charge is -2.38. The summed E-state index contributed by atoms with van der Waals surface area (Å²) in [5.74, 6) is 0.993. The number of nitrogens with zero attached hydrogens (tertiary/aromatic N) is 2. The molecular weight excluding hydrogens is 471 g/mol. The van der Waals surface area contributed by atoms with Crippen LogP contribution in [0.1, 0.15) is 49.4 Å². The summed E-state index contributed by atoms with van der Waals surface area (Å²) in [7, 11) is 3.27. The van der Waals surface area contributed by atoms with Gasteiger partial charge in [-0.15, -0.1) is 0 Å². The van der Waals surface area contributed by atoms with Crippen molar-refractivity contribution >= 4 is 16.9 Å². The first-order valence-corrected chi connectivity index (χ1v) is 13.1. The quantitative estimate of drug-likeness (QED) is 0.319. The Hall–Kier alpha value is -3.19. The number of halogens is 1. The molecule has 4 rings (SSSR count). The van der Waals surface area contributed by atoms with Gasteiger partial charge in [-0.25, -0.2) is 4.39 Å². The number of hydrogen-bond donors (Lipinski definition) is 1. The Balaban J connectivity index is 1.34. The van der Waals surface area contributed by atoms with Gasteiger partial charge in [0, 0.05) is 24.5 Å². The fourth-order valence-corrected chi connectivity index (χ4v) is 5.59. The van der Waals surface area contributed by atoms with Crippen molar-refractivity contribution in [2.45, 2.75) is 44.7 Å². The van der Waals surface area contributed by atoms with E-state index in [0.717, 1.165) is 55.5 Å². The third-order valence-electron chi connectivity index (χ3n) is 7.60. The van der Waals surface area contributed by atoms with Crippen LogP contribution < -0.4 is 9.47 Å². The molecule has 1 aliphatic heterocycles. The summed E-state index contributed by atoms with van der Waals surface area (Å²) in [4.78, 5) is 18.4. The highest BCUT2D eigenvalue weighted by Crippen LogP contribution is 2.36. The molecule has 1 aromatic heterocycles. The van der Waals surface area contributed by atoms with Crippen LogP contribution in [0.5, 0.6) is 11.5 Å². The van der Waals surface area contributed by atoms with Gasteiger partial charge in [0.25, 0.3) is 0 Å². The van der Waals surface area contributed by atoms with Crippen molar-refractivity contribution in [2.75, 3.05) is 33.9 Å². The lowest BCUT2D eigenvalue weighted by molar-refractivity contribution is -0.139. The number of alkyl halides is 1. The molecule has 2 heterocycles. The lowest BCUT2D eigenvalue weighted by Crippen LogP contribution is -2.42. The molecule has 1 saturated heterocycles. The smallest absolute Gasteiger partial charge is 0.303 e. The number of methoxy groups -OCH3 is 2. The van der Waals surface area contributed by atoms with E-state index in [1.54, 1.807) is 26.5 Å². The molecule has 1 N–H and O–H groups in total. The van der Waals surface area contributed by atoms with Crippen molar-refractivity contribution in [1.82, 2.24) is 9.88 Å². The number of carbonyl (C=O) groups is 1. The van der Waals surface area contributed by atoms with E-state index in [9.17, 15) is 9.90 Å². The number of aliphatic carboxylic acids is 1. The van der Waals surface area contributed by atoms with Crippen LogP contribution in [0, 0.1) is 11.8 Å². The molecule has 7 heteroatoms. The predicted molar refractivity (Wildman–Crippen MR) is 143 cm³/mol. The zero-order valence-corrected chi connectivity index (χ0v) is 21.7. The molecule has 0 radical (unpaired) electrons. The van der Waals surface area contributed by atoms with Gasteiger partial charge >= 0.3 is 5.97 Å². The molecule has 0 saturated carbocycles. The number of likely N-dealkylation sites (tertiary alicyclic amines) is 1. The average Bonchev–Trinajstić information content (AvgIpc) is 2.91. The maximum absolute atomic E-state index is 15.5. The van der Waals surface area contributed by atoms with E-state index in [0.29, 0.717) is 24.2 Å². The molecule has 0 bridgehead atoms. The summed E-state index contributed by atoms with van der Waals surface area (Å²) < 4.78 is 26.1. The van der Waals surface area contributed by atoms with Crippen molar-refractivity contribution in [3.05, 3.63) is 65.9 Å². The first kappa shape index (κ1) is 26.9. The topological polar surface area (TPSA) is 71.9 Å². The summed E-state index contributed by atoms with van der Waals surface area (Å²) in [6.45, 7) is 2.60. The Bertz CT molecular complexity index is 1190. The van der Waals surface area contributed by atoms with Crippen molar-refractivity contribution in [3.63, 3.8) is 0 Å². The number of benzene rings is 2. The molecular formula is C30H37FN2O4. The van der Waals surface area contributed by atoms with Crippen LogP contribution in [0.4, 0.5) is 4.39 Å². The van der Waals surface area contributed by atoms with Crippen LogP contribution in [-0.4, -0.2) is 54.8 Å². The number of pyridine rings is 1. The Labute approximate surface area is 218 Å². The van der Waals surface area contributed by atoms with Gasteiger partial charge in [0.2, 0.25) is 0 Å². The van der Waals surface area contributed by atoms with Gasteiger partial charge in [0.15, 0.2) is 0 Å². The minimum Gasteiger partial charge on any atom is -0.497 e. The second kappa shape index (κ2) is 12.9. The molecule has 1 aliphatic rings. The molecule has 6 nitrogen and oxygen atoms in total. The lowest BCUT2D eigenvalue weighted by atomic mass is 9.79. The van der Waals surface area contributed by atoms with Gasteiger partial charge in [-0.3, -0.25) is 9.78 Å². The third kappa shape index (κ3) is 7.19. The minimum absolute atomic E-state index is 0.0320. The van der Waals surface area contributed by atoms with Gasteiger partial charge in [0.05, 0.1) is 19.7 Å². The summed E-state index contributed by atoms with van der Waals surface area (Å²) in [5.41, 5.74) is 2.60. The molecule has 2 aromatic carbocycles. The van der Waals surface area contributed by atoms with E-state index in [2.05, 4.69) is 22.0 Å². The first-order valence-electron chi connectivity index (χ1n) is 13.1. The minimum atomic E-state index is -1.14. The zero-order chi connectivity index (χ0) is 26.2. The number of aryl methyl sites for hydroxylation is 1. The molecule has 0 amide bonds. The van der Waals surface area contributed by atoms with E-state index in [4.69, 9.17) is 9.47 Å². The Kier molecular flexibility index (Phi) is 9.34. The molecule has 1 fully saturated rings. The van der Waals surface area contributed by atoms with Crippen molar-refractivity contribution in [2.24, 2.45) is 11.8 Å². The number of piperidine rings is 1. The Morgan fingerprint density at radius 2 is 1.95 bits per heavy atom. The highest BCUT2D eigenvalue weighted by molar-refractivity contribution is 5.83. The van der Waals surface area contributed by atoms with Crippen LogP contribution >= 0.6 is 0 Å². The SMILES string of the molecule is COc1cccc(CCCN2CC[C@@H](CCC(F)c3ccnc4ccc(OC)cc34)[C@@H](CC(=O)O)C2)c1. The maximum atomic E-state index is 15.5. The molecule has 3 atom stereocenters. The summed E-state index contributed by atoms with van der Waals surface area (Å²) in [5, 5.41) is 10.3. The Morgan fingerprint density at radius 1 is 1.14 bits per heavy atom. The monoisotopic (exact) mass is 508 g/mol. The second-order valence-electron chi connectivity index (χ2n) is 9.99. The number of carboxylic acid groups (broad SMARTS) is 1. The van der Waals surface area contributed by atoms with Crippen LogP contribution in [-0.2, 0) is 11.2 Å². The molecule has 3 aromatic rings. The van der Waals surface area contributed by atoms with Crippen LogP contribution in [0.15, 0.2) is 54.7 Å². The standard InChI is InChI=1S/C30H37FN2O4/c1-36-24-7-3-5-21(17-24)6-4-15-33-16-13-22(23(20-33)18-30(34)35)8-10-28(31)26-12-14-32-29-11-9-25(37-2)19-27(26)29/h3,5,7,9,11-12,14,17,19,22-23,28H,4,6,8,10,13,15-16,18,20H2,1-2H3,(H,34,35)/t22-,23+,28?/m1/s1. The summed E-state index contributed by atoms with van der Waals surface area (Å²) in [6.07, 6.45) is 4.53. The number of ether oxygens (including phenoxy) is 2. The van der Waals surface area contributed by atoms with Crippen molar-refractivity contribution in [1.29, 1.82) is 0 Å². The van der Waals surface area contributed by atoms with E-state index in [1.165, 1.54) is 5.56 Å². The van der Waals surface area contributed by atoms with Crippen LogP contribution in [0.2, 0.25) is 0 Å². The van der Waals surface area contributed by atoms with E-state index < -0.39 is 12.1 Å². The number of fused-ring (bicyclic) bond motifs is 1. The predicted octanol–water partition coefficient (Wildman–Crippen LogP) is 6.09. The fourth-order valence-electron chi connectivity index (χ4n) is 5.59. The molecule has 1 unspecified atom stereocenters. The zero-order valence-electron chi connectivity index (χ0n) is 21.7. The Morgan fingerprint density at radius 3 is 2.73 bits per heavy atom. The highest BCUT2D eigenvalue weighted by atomic mass is 19.1. The van der Waals surface area contributed by atoms with Gasteiger partial charge < -0.3 is 19.5 Å². The average molecular weight is 509 g/mol. The summed E-state index contributed by atoms with van der Waals surface area (Å²) >= 11 is 0. The van der Waals surface area contributed by atoms with E-state index in [-0.39, 0.29) is 18.3 Å². The molecule has 0 spiro atoms. The number of carboxylic acids is 1. The van der Waals surface area contributed by atoms with E-state index in [1.807, 2.05) is 30.3 Å². The van der Waals surface area contributed by atoms with Crippen LogP contribution in [0.3, 0.4) is 0 Å². The molecule has 37 heavy (non-hydrogen) atoms. The number of aromatic nitrogens is 1. The normalized spacial score (nSPS) is 19.0. The fraction of sp³-hybridized carbons (Fsp3) is 0.467. The number of hydrogen-bond acceptors (Lipinski definition) is 5. The number of rotatable bonds is 12. The van der Waals surface area contributed by atoms with E-state index >= 15 is 4.39 Å².